The maximum absolute atomic E-state index is 13.7. The molecule has 1 unspecified atom stereocenters. The average Bonchev–Trinajstić information content (AvgIpc) is 3.45. The van der Waals surface area contributed by atoms with Gasteiger partial charge in [-0.1, -0.05) is 23.7 Å². The summed E-state index contributed by atoms with van der Waals surface area (Å²) in [6.07, 6.45) is -4.64. The predicted molar refractivity (Wildman–Crippen MR) is 155 cm³/mol. The van der Waals surface area contributed by atoms with Crippen LogP contribution in [-0.4, -0.2) is 72.7 Å². The number of benzene rings is 2. The minimum atomic E-state index is -4.64. The van der Waals surface area contributed by atoms with Crippen LogP contribution >= 0.6 is 11.6 Å². The molecule has 0 saturated carbocycles. The molecule has 0 bridgehead atoms. The van der Waals surface area contributed by atoms with E-state index >= 15 is 0 Å². The number of aromatic nitrogens is 2. The van der Waals surface area contributed by atoms with Crippen molar-refractivity contribution in [3.8, 4) is 17.2 Å². The monoisotopic (exact) mass is 617 g/mol. The van der Waals surface area contributed by atoms with Crippen molar-refractivity contribution in [3.05, 3.63) is 76.3 Å². The summed E-state index contributed by atoms with van der Waals surface area (Å²) < 4.78 is 56.9. The SMILES string of the molecule is COCC(c1ccc(Cl)cc1)N1CCN(C(=O)c2nc(-c3ccc(OC)c4nc(C(F)(F)F)ccc34)oc2[C@H](C)N)CC1. The molecule has 1 saturated heterocycles. The molecule has 4 aromatic rings. The van der Waals surface area contributed by atoms with E-state index < -0.39 is 17.9 Å². The first-order chi connectivity index (χ1) is 20.5. The Morgan fingerprint density at radius 3 is 2.35 bits per heavy atom. The summed E-state index contributed by atoms with van der Waals surface area (Å²) in [6.45, 7) is 4.20. The summed E-state index contributed by atoms with van der Waals surface area (Å²) >= 11 is 6.07. The lowest BCUT2D eigenvalue weighted by atomic mass is 10.0. The van der Waals surface area contributed by atoms with E-state index in [1.807, 2.05) is 24.3 Å². The number of hydrogen-bond donors (Lipinski definition) is 1. The van der Waals surface area contributed by atoms with Crippen LogP contribution in [0.4, 0.5) is 13.2 Å². The standard InChI is InChI=1S/C30H31ClF3N5O4/c1-17(35)27-26(29(40)39-14-12-38(13-15-39)22(16-41-2)18-4-6-19(31)7-5-18)37-28(43-27)21-8-10-23(42-3)25-20(21)9-11-24(36-25)30(32,33)34/h4-11,17,22H,12-16,35H2,1-3H3/t17-,22?/m0/s1. The molecule has 43 heavy (non-hydrogen) atoms. The number of rotatable bonds is 8. The first-order valence-electron chi connectivity index (χ1n) is 13.6. The summed E-state index contributed by atoms with van der Waals surface area (Å²) in [5.74, 6) is 0.0477. The number of ether oxygens (including phenoxy) is 2. The molecule has 2 aromatic heterocycles. The number of hydrogen-bond acceptors (Lipinski definition) is 8. The van der Waals surface area contributed by atoms with Gasteiger partial charge >= 0.3 is 6.18 Å². The molecule has 1 aliphatic rings. The largest absolute Gasteiger partial charge is 0.494 e. The molecule has 2 atom stereocenters. The van der Waals surface area contributed by atoms with Gasteiger partial charge in [0.25, 0.3) is 5.91 Å². The van der Waals surface area contributed by atoms with Crippen LogP contribution in [0, 0.1) is 0 Å². The Bertz CT molecular complexity index is 1600. The average molecular weight is 618 g/mol. The van der Waals surface area contributed by atoms with Crippen molar-refractivity contribution in [3.63, 3.8) is 0 Å². The van der Waals surface area contributed by atoms with Gasteiger partial charge in [-0.25, -0.2) is 9.97 Å². The van der Waals surface area contributed by atoms with Gasteiger partial charge in [-0.05, 0) is 48.9 Å². The fraction of sp³-hybridized carbons (Fsp3) is 0.367. The second kappa shape index (κ2) is 12.5. The molecule has 0 radical (unpaired) electrons. The van der Waals surface area contributed by atoms with E-state index in [2.05, 4.69) is 14.9 Å². The first kappa shape index (κ1) is 30.7. The van der Waals surface area contributed by atoms with Crippen molar-refractivity contribution in [2.75, 3.05) is 47.0 Å². The highest BCUT2D eigenvalue weighted by Gasteiger charge is 2.34. The van der Waals surface area contributed by atoms with E-state index in [9.17, 15) is 18.0 Å². The summed E-state index contributed by atoms with van der Waals surface area (Å²) in [5, 5.41) is 0.973. The zero-order chi connectivity index (χ0) is 30.9. The Hall–Kier alpha value is -3.71. The van der Waals surface area contributed by atoms with E-state index in [0.29, 0.717) is 48.8 Å². The normalized spacial score (nSPS) is 16.0. The van der Waals surface area contributed by atoms with E-state index in [4.69, 9.17) is 31.2 Å². The van der Waals surface area contributed by atoms with Crippen LogP contribution in [0.15, 0.2) is 52.9 Å². The van der Waals surface area contributed by atoms with Gasteiger partial charge < -0.3 is 24.5 Å². The van der Waals surface area contributed by atoms with Crippen molar-refractivity contribution in [1.29, 1.82) is 0 Å². The lowest BCUT2D eigenvalue weighted by Gasteiger charge is -2.39. The fourth-order valence-corrected chi connectivity index (χ4v) is 5.38. The van der Waals surface area contributed by atoms with Gasteiger partial charge in [-0.15, -0.1) is 0 Å². The number of alkyl halides is 3. The number of oxazole rings is 1. The maximum atomic E-state index is 13.7. The summed E-state index contributed by atoms with van der Waals surface area (Å²) in [7, 11) is 3.00. The third-order valence-electron chi connectivity index (χ3n) is 7.45. The van der Waals surface area contributed by atoms with Crippen molar-refractivity contribution in [2.24, 2.45) is 5.73 Å². The summed E-state index contributed by atoms with van der Waals surface area (Å²) in [6, 6.07) is 12.2. The van der Waals surface area contributed by atoms with Crippen molar-refractivity contribution >= 4 is 28.4 Å². The topological polar surface area (TPSA) is 107 Å². The molecule has 2 N–H and O–H groups in total. The lowest BCUT2D eigenvalue weighted by Crippen LogP contribution is -2.50. The number of carbonyl (C=O) groups is 1. The summed E-state index contributed by atoms with van der Waals surface area (Å²) in [5.41, 5.74) is 6.59. The van der Waals surface area contributed by atoms with E-state index in [1.54, 1.807) is 25.0 Å². The highest BCUT2D eigenvalue weighted by atomic mass is 35.5. The molecular weight excluding hydrogens is 587 g/mol. The zero-order valence-corrected chi connectivity index (χ0v) is 24.6. The second-order valence-corrected chi connectivity index (χ2v) is 10.7. The first-order valence-corrected chi connectivity index (χ1v) is 14.0. The van der Waals surface area contributed by atoms with Crippen molar-refractivity contribution in [1.82, 2.24) is 19.8 Å². The number of carbonyl (C=O) groups excluding carboxylic acids is 1. The molecule has 0 spiro atoms. The minimum Gasteiger partial charge on any atom is -0.494 e. The Kier molecular flexibility index (Phi) is 8.93. The number of amides is 1. The third kappa shape index (κ3) is 6.32. The molecule has 228 valence electrons. The molecule has 0 aliphatic carbocycles. The van der Waals surface area contributed by atoms with Crippen LogP contribution in [0.5, 0.6) is 5.75 Å². The number of fused-ring (bicyclic) bond motifs is 1. The fourth-order valence-electron chi connectivity index (χ4n) is 5.25. The number of nitrogens with two attached hydrogens (primary N) is 1. The third-order valence-corrected chi connectivity index (χ3v) is 7.70. The van der Waals surface area contributed by atoms with Crippen LogP contribution < -0.4 is 10.5 Å². The number of nitrogens with zero attached hydrogens (tertiary/aromatic N) is 4. The van der Waals surface area contributed by atoms with Crippen molar-refractivity contribution < 1.29 is 31.9 Å². The van der Waals surface area contributed by atoms with E-state index in [-0.39, 0.29) is 40.6 Å². The number of pyridine rings is 1. The van der Waals surface area contributed by atoms with Crippen LogP contribution in [0.2, 0.25) is 5.02 Å². The molecule has 1 aliphatic heterocycles. The molecule has 13 heteroatoms. The number of methoxy groups -OCH3 is 2. The van der Waals surface area contributed by atoms with Gasteiger partial charge in [0.15, 0.2) is 11.5 Å². The van der Waals surface area contributed by atoms with Crippen LogP contribution in [0.3, 0.4) is 0 Å². The molecule has 1 amide bonds. The Labute approximate surface area is 251 Å². The highest BCUT2D eigenvalue weighted by molar-refractivity contribution is 6.30. The van der Waals surface area contributed by atoms with Gasteiger partial charge in [0, 0.05) is 49.3 Å². The minimum absolute atomic E-state index is 0.00683. The Balaban J connectivity index is 1.42. The molecular formula is C30H31ClF3N5O4. The van der Waals surface area contributed by atoms with Gasteiger partial charge in [-0.3, -0.25) is 9.69 Å². The van der Waals surface area contributed by atoms with Crippen LogP contribution in [0.1, 0.15) is 46.5 Å². The second-order valence-electron chi connectivity index (χ2n) is 10.3. The zero-order valence-electron chi connectivity index (χ0n) is 23.8. The van der Waals surface area contributed by atoms with Crippen molar-refractivity contribution in [2.45, 2.75) is 25.2 Å². The van der Waals surface area contributed by atoms with Gasteiger partial charge in [0.05, 0.1) is 25.8 Å². The van der Waals surface area contributed by atoms with Crippen LogP contribution in [0.25, 0.3) is 22.4 Å². The molecule has 3 heterocycles. The Morgan fingerprint density at radius 1 is 1.05 bits per heavy atom. The Morgan fingerprint density at radius 2 is 1.74 bits per heavy atom. The smallest absolute Gasteiger partial charge is 0.433 e. The highest BCUT2D eigenvalue weighted by Crippen LogP contribution is 2.37. The van der Waals surface area contributed by atoms with Gasteiger partial charge in [0.1, 0.15) is 17.0 Å². The quantitative estimate of drug-likeness (QED) is 0.267. The van der Waals surface area contributed by atoms with Gasteiger partial charge in [-0.2, -0.15) is 13.2 Å². The molecule has 2 aromatic carbocycles. The number of halogens is 4. The molecule has 5 rings (SSSR count). The lowest BCUT2D eigenvalue weighted by molar-refractivity contribution is -0.140. The maximum Gasteiger partial charge on any atom is 0.433 e. The molecule has 1 fully saturated rings. The van der Waals surface area contributed by atoms with E-state index in [1.165, 1.54) is 19.2 Å². The van der Waals surface area contributed by atoms with E-state index in [0.717, 1.165) is 11.6 Å². The van der Waals surface area contributed by atoms with Crippen LogP contribution in [-0.2, 0) is 10.9 Å². The predicted octanol–water partition coefficient (Wildman–Crippen LogP) is 5.74. The van der Waals surface area contributed by atoms with Gasteiger partial charge in [0.2, 0.25) is 5.89 Å². The molecule has 9 nitrogen and oxygen atoms in total. The summed E-state index contributed by atoms with van der Waals surface area (Å²) in [4.78, 5) is 26.0. The number of piperazine rings is 1.